The summed E-state index contributed by atoms with van der Waals surface area (Å²) in [6.45, 7) is 8.37. The van der Waals surface area contributed by atoms with Crippen molar-refractivity contribution in [3.8, 4) is 0 Å². The standard InChI is InChI=1S/C16H26FN3O/c1-5-20(11-15(21)18-4)16-13(7-6-8-14(16)17)10-19-9-12(2)3/h6-8,12,19H,5,9-11H2,1-4H3,(H,18,21). The molecule has 0 heterocycles. The fourth-order valence-electron chi connectivity index (χ4n) is 2.15. The van der Waals surface area contributed by atoms with Crippen LogP contribution in [-0.4, -0.2) is 32.6 Å². The molecule has 0 saturated carbocycles. The minimum absolute atomic E-state index is 0.124. The van der Waals surface area contributed by atoms with Gasteiger partial charge in [0.1, 0.15) is 5.82 Å². The first kappa shape index (κ1) is 17.4. The Morgan fingerprint density at radius 3 is 2.67 bits per heavy atom. The second-order valence-electron chi connectivity index (χ2n) is 5.46. The van der Waals surface area contributed by atoms with Gasteiger partial charge in [-0.3, -0.25) is 4.79 Å². The molecule has 118 valence electrons. The molecule has 1 amide bonds. The number of nitrogens with zero attached hydrogens (tertiary/aromatic N) is 1. The van der Waals surface area contributed by atoms with Gasteiger partial charge in [-0.15, -0.1) is 0 Å². The normalized spacial score (nSPS) is 10.8. The summed E-state index contributed by atoms with van der Waals surface area (Å²) < 4.78 is 14.2. The highest BCUT2D eigenvalue weighted by Gasteiger charge is 2.17. The van der Waals surface area contributed by atoms with E-state index < -0.39 is 0 Å². The average Bonchev–Trinajstić information content (AvgIpc) is 2.45. The van der Waals surface area contributed by atoms with Gasteiger partial charge in [0.05, 0.1) is 12.2 Å². The maximum absolute atomic E-state index is 14.2. The highest BCUT2D eigenvalue weighted by atomic mass is 19.1. The molecule has 0 spiro atoms. The molecule has 0 aliphatic carbocycles. The molecular formula is C16H26FN3O. The highest BCUT2D eigenvalue weighted by molar-refractivity contribution is 5.81. The fourth-order valence-corrected chi connectivity index (χ4v) is 2.15. The second-order valence-corrected chi connectivity index (χ2v) is 5.46. The first-order valence-electron chi connectivity index (χ1n) is 7.43. The zero-order chi connectivity index (χ0) is 15.8. The molecule has 0 aromatic heterocycles. The van der Waals surface area contributed by atoms with Gasteiger partial charge in [-0.1, -0.05) is 26.0 Å². The van der Waals surface area contributed by atoms with E-state index in [1.165, 1.54) is 6.07 Å². The molecule has 0 bridgehead atoms. The summed E-state index contributed by atoms with van der Waals surface area (Å²) >= 11 is 0. The molecule has 0 unspecified atom stereocenters. The second kappa shape index (κ2) is 8.62. The number of hydrogen-bond donors (Lipinski definition) is 2. The van der Waals surface area contributed by atoms with Crippen molar-refractivity contribution in [2.45, 2.75) is 27.3 Å². The van der Waals surface area contributed by atoms with Crippen LogP contribution >= 0.6 is 0 Å². The molecule has 0 radical (unpaired) electrons. The molecule has 0 fully saturated rings. The number of benzene rings is 1. The van der Waals surface area contributed by atoms with Crippen LogP contribution in [0, 0.1) is 11.7 Å². The van der Waals surface area contributed by atoms with Crippen LogP contribution in [0.4, 0.5) is 10.1 Å². The zero-order valence-electron chi connectivity index (χ0n) is 13.4. The molecule has 0 aliphatic heterocycles. The summed E-state index contributed by atoms with van der Waals surface area (Å²) in [6, 6.07) is 5.05. The van der Waals surface area contributed by atoms with Crippen LogP contribution in [0.1, 0.15) is 26.3 Å². The number of nitrogens with one attached hydrogen (secondary N) is 2. The Bertz CT molecular complexity index is 463. The molecule has 5 heteroatoms. The molecule has 4 nitrogen and oxygen atoms in total. The Balaban J connectivity index is 2.93. The summed E-state index contributed by atoms with van der Waals surface area (Å²) in [5.41, 5.74) is 1.39. The van der Waals surface area contributed by atoms with Gasteiger partial charge in [-0.2, -0.15) is 0 Å². The fraction of sp³-hybridized carbons (Fsp3) is 0.562. The van der Waals surface area contributed by atoms with Gasteiger partial charge in [0.25, 0.3) is 0 Å². The van der Waals surface area contributed by atoms with E-state index in [-0.39, 0.29) is 18.3 Å². The molecule has 2 N–H and O–H groups in total. The molecule has 0 atom stereocenters. The lowest BCUT2D eigenvalue weighted by Gasteiger charge is -2.25. The number of amides is 1. The Morgan fingerprint density at radius 2 is 2.10 bits per heavy atom. The van der Waals surface area contributed by atoms with Crippen molar-refractivity contribution in [1.82, 2.24) is 10.6 Å². The van der Waals surface area contributed by atoms with Crippen LogP contribution in [-0.2, 0) is 11.3 Å². The third kappa shape index (κ3) is 5.34. The molecule has 0 saturated heterocycles. The van der Waals surface area contributed by atoms with Gasteiger partial charge < -0.3 is 15.5 Å². The van der Waals surface area contributed by atoms with Crippen molar-refractivity contribution < 1.29 is 9.18 Å². The van der Waals surface area contributed by atoms with Gasteiger partial charge in [-0.25, -0.2) is 4.39 Å². The maximum atomic E-state index is 14.2. The molecule has 1 rings (SSSR count). The van der Waals surface area contributed by atoms with Crippen molar-refractivity contribution in [3.05, 3.63) is 29.6 Å². The summed E-state index contributed by atoms with van der Waals surface area (Å²) in [5.74, 6) is 0.126. The topological polar surface area (TPSA) is 44.4 Å². The third-order valence-electron chi connectivity index (χ3n) is 3.25. The Hall–Kier alpha value is -1.62. The SMILES string of the molecule is CCN(CC(=O)NC)c1c(F)cccc1CNCC(C)C. The Labute approximate surface area is 126 Å². The van der Waals surface area contributed by atoms with E-state index in [9.17, 15) is 9.18 Å². The number of likely N-dealkylation sites (N-methyl/N-ethyl adjacent to an activating group) is 2. The van der Waals surface area contributed by atoms with Crippen LogP contribution in [0.3, 0.4) is 0 Å². The van der Waals surface area contributed by atoms with Crippen LogP contribution < -0.4 is 15.5 Å². The predicted octanol–water partition coefficient (Wildman–Crippen LogP) is 2.14. The molecule has 1 aromatic carbocycles. The lowest BCUT2D eigenvalue weighted by molar-refractivity contribution is -0.119. The molecule has 1 aromatic rings. The van der Waals surface area contributed by atoms with Crippen LogP contribution in [0.25, 0.3) is 0 Å². The lowest BCUT2D eigenvalue weighted by Crippen LogP contribution is -2.37. The largest absolute Gasteiger partial charge is 0.360 e. The summed E-state index contributed by atoms with van der Waals surface area (Å²) in [6.07, 6.45) is 0. The Kier molecular flexibility index (Phi) is 7.15. The van der Waals surface area contributed by atoms with Gasteiger partial charge in [0.2, 0.25) is 5.91 Å². The maximum Gasteiger partial charge on any atom is 0.239 e. The number of carbonyl (C=O) groups excluding carboxylic acids is 1. The molecular weight excluding hydrogens is 269 g/mol. The van der Waals surface area contributed by atoms with E-state index in [4.69, 9.17) is 0 Å². The van der Waals surface area contributed by atoms with Crippen molar-refractivity contribution in [3.63, 3.8) is 0 Å². The number of rotatable bonds is 8. The van der Waals surface area contributed by atoms with Crippen molar-refractivity contribution in [2.75, 3.05) is 31.6 Å². The highest BCUT2D eigenvalue weighted by Crippen LogP contribution is 2.24. The Morgan fingerprint density at radius 1 is 1.38 bits per heavy atom. The average molecular weight is 295 g/mol. The minimum Gasteiger partial charge on any atom is -0.360 e. The number of para-hydroxylation sites is 1. The van der Waals surface area contributed by atoms with Gasteiger partial charge >= 0.3 is 0 Å². The summed E-state index contributed by atoms with van der Waals surface area (Å²) in [4.78, 5) is 13.4. The molecule has 21 heavy (non-hydrogen) atoms. The third-order valence-corrected chi connectivity index (χ3v) is 3.25. The summed E-state index contributed by atoms with van der Waals surface area (Å²) in [7, 11) is 1.59. The van der Waals surface area contributed by atoms with E-state index in [0.29, 0.717) is 24.7 Å². The summed E-state index contributed by atoms with van der Waals surface area (Å²) in [5, 5.41) is 5.90. The first-order chi connectivity index (χ1) is 9.99. The number of anilines is 1. The lowest BCUT2D eigenvalue weighted by atomic mass is 10.1. The van der Waals surface area contributed by atoms with Crippen LogP contribution in [0.5, 0.6) is 0 Å². The van der Waals surface area contributed by atoms with E-state index in [1.54, 1.807) is 18.0 Å². The first-order valence-corrected chi connectivity index (χ1v) is 7.43. The van der Waals surface area contributed by atoms with Crippen LogP contribution in [0.15, 0.2) is 18.2 Å². The minimum atomic E-state index is -0.287. The van der Waals surface area contributed by atoms with Gasteiger partial charge in [0.15, 0.2) is 0 Å². The van der Waals surface area contributed by atoms with Crippen molar-refractivity contribution in [2.24, 2.45) is 5.92 Å². The quantitative estimate of drug-likeness (QED) is 0.772. The van der Waals surface area contributed by atoms with E-state index in [0.717, 1.165) is 12.1 Å². The smallest absolute Gasteiger partial charge is 0.239 e. The number of hydrogen-bond acceptors (Lipinski definition) is 3. The van der Waals surface area contributed by atoms with Crippen molar-refractivity contribution >= 4 is 11.6 Å². The van der Waals surface area contributed by atoms with E-state index >= 15 is 0 Å². The zero-order valence-corrected chi connectivity index (χ0v) is 13.4. The van der Waals surface area contributed by atoms with Crippen LogP contribution in [0.2, 0.25) is 0 Å². The van der Waals surface area contributed by atoms with Gasteiger partial charge in [-0.05, 0) is 31.0 Å². The number of halogens is 1. The number of carbonyl (C=O) groups is 1. The van der Waals surface area contributed by atoms with E-state index in [1.807, 2.05) is 13.0 Å². The van der Waals surface area contributed by atoms with Crippen molar-refractivity contribution in [1.29, 1.82) is 0 Å². The predicted molar refractivity (Wildman–Crippen MR) is 84.9 cm³/mol. The van der Waals surface area contributed by atoms with Gasteiger partial charge in [0, 0.05) is 20.1 Å². The monoisotopic (exact) mass is 295 g/mol. The molecule has 0 aliphatic rings. The van der Waals surface area contributed by atoms with E-state index in [2.05, 4.69) is 24.5 Å².